The molecule has 2 rings (SSSR count). The van der Waals surface area contributed by atoms with E-state index in [-0.39, 0.29) is 5.91 Å². The van der Waals surface area contributed by atoms with Crippen molar-refractivity contribution < 1.29 is 4.79 Å². The molecule has 0 unspecified atom stereocenters. The summed E-state index contributed by atoms with van der Waals surface area (Å²) < 4.78 is 0. The molecule has 0 aromatic heterocycles. The van der Waals surface area contributed by atoms with Gasteiger partial charge in [0.05, 0.1) is 0 Å². The summed E-state index contributed by atoms with van der Waals surface area (Å²) in [5.74, 6) is -0.194. The second-order valence-corrected chi connectivity index (χ2v) is 3.47. The lowest BCUT2D eigenvalue weighted by molar-refractivity contribution is 0.102. The van der Waals surface area contributed by atoms with Crippen LogP contribution in [0.4, 0.5) is 11.4 Å². The van der Waals surface area contributed by atoms with Crippen LogP contribution in [0.25, 0.3) is 4.98 Å². The van der Waals surface area contributed by atoms with Crippen LogP contribution >= 0.6 is 0 Å². The van der Waals surface area contributed by atoms with Gasteiger partial charge in [0.1, 0.15) is 0 Å². The molecule has 82 valence electrons. The second kappa shape index (κ2) is 4.90. The summed E-state index contributed by atoms with van der Waals surface area (Å²) in [6.45, 7) is 0. The van der Waals surface area contributed by atoms with Crippen LogP contribution in [0.15, 0.2) is 54.6 Å². The standard InChI is InChI=1S/C13H9N3O/c14-16-12-8-6-10(7-9-12)13(17)15-11-4-2-1-3-5-11/h1-9H/p+1. The van der Waals surface area contributed by atoms with Gasteiger partial charge < -0.3 is 5.32 Å². The molecule has 0 aliphatic carbocycles. The van der Waals surface area contributed by atoms with Gasteiger partial charge in [-0.05, 0) is 24.3 Å². The predicted octanol–water partition coefficient (Wildman–Crippen LogP) is 3.42. The minimum absolute atomic E-state index is 0.194. The number of carbonyl (C=O) groups excluding carboxylic acids is 1. The van der Waals surface area contributed by atoms with Gasteiger partial charge in [-0.3, -0.25) is 4.79 Å². The van der Waals surface area contributed by atoms with E-state index in [4.69, 9.17) is 5.39 Å². The number of amides is 1. The molecule has 0 aliphatic rings. The van der Waals surface area contributed by atoms with Crippen molar-refractivity contribution in [3.05, 3.63) is 65.1 Å². The fraction of sp³-hybridized carbons (Fsp3) is 0. The fourth-order valence-corrected chi connectivity index (χ4v) is 1.40. The van der Waals surface area contributed by atoms with Gasteiger partial charge in [0.2, 0.25) is 5.39 Å². The van der Waals surface area contributed by atoms with E-state index in [1.807, 2.05) is 30.3 Å². The Kier molecular flexibility index (Phi) is 3.13. The Hall–Kier alpha value is -2.67. The number of nitrogens with zero attached hydrogens (tertiary/aromatic N) is 2. The highest BCUT2D eigenvalue weighted by Gasteiger charge is 2.08. The number of anilines is 1. The van der Waals surface area contributed by atoms with Crippen molar-refractivity contribution in [3.8, 4) is 0 Å². The van der Waals surface area contributed by atoms with Gasteiger partial charge in [-0.15, -0.1) is 0 Å². The number of nitrogens with one attached hydrogen (secondary N) is 1. The monoisotopic (exact) mass is 224 g/mol. The first kappa shape index (κ1) is 10.8. The van der Waals surface area contributed by atoms with E-state index < -0.39 is 0 Å². The molecule has 17 heavy (non-hydrogen) atoms. The Morgan fingerprint density at radius 1 is 1.00 bits per heavy atom. The van der Waals surface area contributed by atoms with Gasteiger partial charge >= 0.3 is 5.69 Å². The Morgan fingerprint density at radius 3 is 2.24 bits per heavy atom. The van der Waals surface area contributed by atoms with E-state index in [1.165, 1.54) is 0 Å². The average molecular weight is 224 g/mol. The van der Waals surface area contributed by atoms with E-state index in [2.05, 4.69) is 10.3 Å². The van der Waals surface area contributed by atoms with Crippen LogP contribution < -0.4 is 5.32 Å². The van der Waals surface area contributed by atoms with Gasteiger partial charge in [-0.1, -0.05) is 18.2 Å². The molecule has 0 atom stereocenters. The number of benzene rings is 2. The molecule has 0 bridgehead atoms. The Balaban J connectivity index is 2.13. The normalized spacial score (nSPS) is 9.35. The largest absolute Gasteiger partial charge is 0.385 e. The van der Waals surface area contributed by atoms with E-state index in [9.17, 15) is 4.79 Å². The smallest absolute Gasteiger partial charge is 0.322 e. The number of hydrogen-bond acceptors (Lipinski definition) is 2. The molecule has 2 aromatic rings. The summed E-state index contributed by atoms with van der Waals surface area (Å²) in [6.07, 6.45) is 0. The highest BCUT2D eigenvalue weighted by Crippen LogP contribution is 2.14. The zero-order valence-corrected chi connectivity index (χ0v) is 9.00. The summed E-state index contributed by atoms with van der Waals surface area (Å²) >= 11 is 0. The van der Waals surface area contributed by atoms with Crippen molar-refractivity contribution in [2.75, 3.05) is 5.32 Å². The van der Waals surface area contributed by atoms with E-state index in [1.54, 1.807) is 24.3 Å². The molecule has 4 heteroatoms. The number of hydrogen-bond donors (Lipinski definition) is 1. The maximum Gasteiger partial charge on any atom is 0.385 e. The molecular weight excluding hydrogens is 214 g/mol. The Labute approximate surface area is 98.5 Å². The van der Waals surface area contributed by atoms with Crippen LogP contribution in [0.2, 0.25) is 0 Å². The van der Waals surface area contributed by atoms with Crippen molar-refractivity contribution in [2.45, 2.75) is 0 Å². The van der Waals surface area contributed by atoms with Gasteiger partial charge in [-0.2, -0.15) is 0 Å². The molecule has 1 amide bonds. The third kappa shape index (κ3) is 2.67. The van der Waals surface area contributed by atoms with Crippen molar-refractivity contribution in [1.29, 1.82) is 5.39 Å². The lowest BCUT2D eigenvalue weighted by Crippen LogP contribution is -2.11. The van der Waals surface area contributed by atoms with E-state index in [0.717, 1.165) is 5.69 Å². The van der Waals surface area contributed by atoms with Crippen LogP contribution in [0.3, 0.4) is 0 Å². The summed E-state index contributed by atoms with van der Waals surface area (Å²) in [5, 5.41) is 11.3. The molecule has 0 spiro atoms. The van der Waals surface area contributed by atoms with Crippen molar-refractivity contribution in [3.63, 3.8) is 0 Å². The molecule has 2 aromatic carbocycles. The summed E-state index contributed by atoms with van der Waals surface area (Å²) in [4.78, 5) is 14.8. The van der Waals surface area contributed by atoms with Gasteiger partial charge in [0, 0.05) is 23.4 Å². The third-order valence-electron chi connectivity index (χ3n) is 2.28. The van der Waals surface area contributed by atoms with E-state index >= 15 is 0 Å². The first-order valence-electron chi connectivity index (χ1n) is 5.11. The van der Waals surface area contributed by atoms with Gasteiger partial charge in [0.15, 0.2) is 4.98 Å². The van der Waals surface area contributed by atoms with Crippen LogP contribution in [0.5, 0.6) is 0 Å². The topological polar surface area (TPSA) is 57.2 Å². The first-order valence-corrected chi connectivity index (χ1v) is 5.11. The highest BCUT2D eigenvalue weighted by atomic mass is 16.1. The number of rotatable bonds is 2. The molecule has 1 N–H and O–H groups in total. The van der Waals surface area contributed by atoms with Crippen molar-refractivity contribution in [1.82, 2.24) is 0 Å². The van der Waals surface area contributed by atoms with Crippen LogP contribution in [0, 0.1) is 5.39 Å². The van der Waals surface area contributed by atoms with Gasteiger partial charge in [0.25, 0.3) is 5.91 Å². The molecule has 0 radical (unpaired) electrons. The van der Waals surface area contributed by atoms with Crippen LogP contribution in [-0.4, -0.2) is 5.91 Å². The predicted molar refractivity (Wildman–Crippen MR) is 65.6 cm³/mol. The van der Waals surface area contributed by atoms with Crippen molar-refractivity contribution in [2.24, 2.45) is 0 Å². The quantitative estimate of drug-likeness (QED) is 0.794. The molecule has 0 heterocycles. The number of diazo groups is 1. The summed E-state index contributed by atoms with van der Waals surface area (Å²) in [7, 11) is 0. The minimum Gasteiger partial charge on any atom is -0.322 e. The van der Waals surface area contributed by atoms with Crippen molar-refractivity contribution >= 4 is 17.3 Å². The lowest BCUT2D eigenvalue weighted by atomic mass is 10.2. The zero-order chi connectivity index (χ0) is 12.1. The lowest BCUT2D eigenvalue weighted by Gasteiger charge is -2.03. The zero-order valence-electron chi connectivity index (χ0n) is 9.00. The average Bonchev–Trinajstić information content (AvgIpc) is 2.40. The third-order valence-corrected chi connectivity index (χ3v) is 2.28. The molecule has 0 aliphatic heterocycles. The maximum absolute atomic E-state index is 11.8. The number of carbonyl (C=O) groups is 1. The first-order chi connectivity index (χ1) is 8.29. The van der Waals surface area contributed by atoms with Gasteiger partial charge in [-0.25, -0.2) is 0 Å². The summed E-state index contributed by atoms with van der Waals surface area (Å²) in [5.41, 5.74) is 1.68. The molecule has 4 nitrogen and oxygen atoms in total. The molecule has 0 fully saturated rings. The van der Waals surface area contributed by atoms with Crippen LogP contribution in [-0.2, 0) is 0 Å². The Morgan fingerprint density at radius 2 is 1.65 bits per heavy atom. The molecule has 0 saturated heterocycles. The van der Waals surface area contributed by atoms with E-state index in [0.29, 0.717) is 11.3 Å². The second-order valence-electron chi connectivity index (χ2n) is 3.47. The summed E-state index contributed by atoms with van der Waals surface area (Å²) in [6, 6.07) is 15.6. The maximum atomic E-state index is 11.8. The fourth-order valence-electron chi connectivity index (χ4n) is 1.40. The number of para-hydroxylation sites is 1. The SMILES string of the molecule is N#[N+]c1ccc(C(=O)Nc2ccccc2)cc1. The molecular formula is C13H10N3O+. The van der Waals surface area contributed by atoms with Crippen LogP contribution in [0.1, 0.15) is 10.4 Å². The molecule has 0 saturated carbocycles. The Bertz CT molecular complexity index is 555. The highest BCUT2D eigenvalue weighted by molar-refractivity contribution is 6.04. The minimum atomic E-state index is -0.194.